The van der Waals surface area contributed by atoms with Gasteiger partial charge in [0.2, 0.25) is 10.0 Å². The molecule has 3 N–H and O–H groups in total. The summed E-state index contributed by atoms with van der Waals surface area (Å²) in [5.41, 5.74) is 1.08. The lowest BCUT2D eigenvalue weighted by atomic mass is 10.3. The van der Waals surface area contributed by atoms with Crippen molar-refractivity contribution < 1.29 is 17.9 Å². The van der Waals surface area contributed by atoms with E-state index in [9.17, 15) is 8.42 Å². The normalized spacial score (nSPS) is 11.1. The van der Waals surface area contributed by atoms with E-state index < -0.39 is 10.0 Å². The van der Waals surface area contributed by atoms with Gasteiger partial charge in [-0.15, -0.1) is 0 Å². The van der Waals surface area contributed by atoms with Gasteiger partial charge in [0.05, 0.1) is 14.2 Å². The minimum absolute atomic E-state index is 0.00868. The Morgan fingerprint density at radius 3 is 2.41 bits per heavy atom. The second kappa shape index (κ2) is 10.2. The van der Waals surface area contributed by atoms with Crippen LogP contribution in [0, 0.1) is 13.8 Å². The van der Waals surface area contributed by atoms with Crippen LogP contribution in [0.25, 0.3) is 0 Å². The number of nitrogens with one attached hydrogen (secondary N) is 3. The largest absolute Gasteiger partial charge is 0.497 e. The third kappa shape index (κ3) is 6.05. The minimum atomic E-state index is -3.80. The van der Waals surface area contributed by atoms with Gasteiger partial charge in [-0.25, -0.2) is 28.1 Å². The molecule has 3 rings (SSSR count). The van der Waals surface area contributed by atoms with Gasteiger partial charge in [-0.1, -0.05) is 0 Å². The predicted octanol–water partition coefficient (Wildman–Crippen LogP) is 2.64. The van der Waals surface area contributed by atoms with Gasteiger partial charge >= 0.3 is 0 Å². The molecule has 2 heterocycles. The van der Waals surface area contributed by atoms with E-state index in [4.69, 9.17) is 9.47 Å². The molecule has 0 saturated heterocycles. The number of rotatable bonds is 10. The molecule has 0 fully saturated rings. The maximum atomic E-state index is 12.7. The van der Waals surface area contributed by atoms with E-state index in [0.29, 0.717) is 35.6 Å². The van der Waals surface area contributed by atoms with Gasteiger partial charge in [-0.05, 0) is 43.7 Å². The highest BCUT2D eigenvalue weighted by Gasteiger charge is 2.20. The number of methoxy groups -OCH3 is 2. The number of ether oxygens (including phenoxy) is 2. The molecule has 11 heteroatoms. The van der Waals surface area contributed by atoms with Crippen LogP contribution in [0.15, 0.2) is 47.5 Å². The second-order valence-corrected chi connectivity index (χ2v) is 8.61. The summed E-state index contributed by atoms with van der Waals surface area (Å²) in [6.07, 6.45) is 1.72. The van der Waals surface area contributed by atoms with Crippen molar-refractivity contribution in [1.29, 1.82) is 0 Å². The molecule has 0 saturated carbocycles. The molecular formula is C21H26N6O4S. The Labute approximate surface area is 187 Å². The monoisotopic (exact) mass is 458 g/mol. The van der Waals surface area contributed by atoms with Gasteiger partial charge in [0.15, 0.2) is 0 Å². The lowest BCUT2D eigenvalue weighted by Crippen LogP contribution is -2.29. The van der Waals surface area contributed by atoms with Crippen molar-refractivity contribution in [3.63, 3.8) is 0 Å². The first-order valence-corrected chi connectivity index (χ1v) is 11.3. The number of hydrogen-bond donors (Lipinski definition) is 3. The lowest BCUT2D eigenvalue weighted by molar-refractivity contribution is 0.392. The van der Waals surface area contributed by atoms with Crippen molar-refractivity contribution in [3.05, 3.63) is 54.0 Å². The third-order valence-corrected chi connectivity index (χ3v) is 5.88. The van der Waals surface area contributed by atoms with Crippen molar-refractivity contribution in [1.82, 2.24) is 19.7 Å². The molecule has 32 heavy (non-hydrogen) atoms. The van der Waals surface area contributed by atoms with Gasteiger partial charge < -0.3 is 20.1 Å². The van der Waals surface area contributed by atoms with E-state index in [1.54, 1.807) is 31.3 Å². The van der Waals surface area contributed by atoms with Crippen LogP contribution in [0.1, 0.15) is 11.4 Å². The molecule has 170 valence electrons. The van der Waals surface area contributed by atoms with Crippen molar-refractivity contribution in [2.45, 2.75) is 18.7 Å². The molecule has 0 atom stereocenters. The van der Waals surface area contributed by atoms with E-state index in [2.05, 4.69) is 30.3 Å². The molecule has 0 unspecified atom stereocenters. The minimum Gasteiger partial charge on any atom is -0.497 e. The van der Waals surface area contributed by atoms with Gasteiger partial charge in [-0.3, -0.25) is 0 Å². The summed E-state index contributed by atoms with van der Waals surface area (Å²) in [5.74, 6) is 3.04. The van der Waals surface area contributed by atoms with Crippen molar-refractivity contribution in [2.75, 3.05) is 37.9 Å². The summed E-state index contributed by atoms with van der Waals surface area (Å²) in [6.45, 7) is 4.20. The summed E-state index contributed by atoms with van der Waals surface area (Å²) in [7, 11) is -0.915. The Kier molecular flexibility index (Phi) is 7.44. The van der Waals surface area contributed by atoms with Crippen LogP contribution in [-0.2, 0) is 10.0 Å². The first kappa shape index (κ1) is 23.2. The van der Waals surface area contributed by atoms with E-state index in [1.807, 2.05) is 19.1 Å². The van der Waals surface area contributed by atoms with Crippen LogP contribution in [0.2, 0.25) is 0 Å². The summed E-state index contributed by atoms with van der Waals surface area (Å²) >= 11 is 0. The molecule has 3 aromatic rings. The van der Waals surface area contributed by atoms with E-state index in [1.165, 1.54) is 20.3 Å². The lowest BCUT2D eigenvalue weighted by Gasteiger charge is -2.13. The van der Waals surface area contributed by atoms with Gasteiger partial charge in [0.25, 0.3) is 0 Å². The predicted molar refractivity (Wildman–Crippen MR) is 122 cm³/mol. The first-order valence-electron chi connectivity index (χ1n) is 9.81. The molecule has 0 radical (unpaired) electrons. The average molecular weight is 459 g/mol. The topological polar surface area (TPSA) is 127 Å². The fourth-order valence-electron chi connectivity index (χ4n) is 2.91. The van der Waals surface area contributed by atoms with Crippen LogP contribution in [0.4, 0.5) is 17.5 Å². The van der Waals surface area contributed by atoms with Crippen molar-refractivity contribution in [3.8, 4) is 11.5 Å². The number of benzene rings is 1. The zero-order valence-corrected chi connectivity index (χ0v) is 19.2. The Bertz CT molecular complexity index is 1190. The number of aryl methyl sites for hydroxylation is 2. The maximum absolute atomic E-state index is 12.7. The van der Waals surface area contributed by atoms with Crippen LogP contribution >= 0.6 is 0 Å². The molecule has 1 aromatic carbocycles. The standard InChI is InChI=1S/C21H26N6O4S/c1-14-7-8-22-19(11-14)27-21-13-20(25-15(2)26-21)23-9-10-24-32(28,29)18-12-16(30-3)5-6-17(18)31-4/h5-8,11-13,24H,9-10H2,1-4H3,(H2,22,23,25,26,27). The molecule has 0 aliphatic carbocycles. The summed E-state index contributed by atoms with van der Waals surface area (Å²) < 4.78 is 38.3. The summed E-state index contributed by atoms with van der Waals surface area (Å²) in [6, 6.07) is 10.1. The number of sulfonamides is 1. The van der Waals surface area contributed by atoms with Crippen LogP contribution in [0.5, 0.6) is 11.5 Å². The number of hydrogen-bond acceptors (Lipinski definition) is 9. The average Bonchev–Trinajstić information content (AvgIpc) is 2.76. The highest BCUT2D eigenvalue weighted by Crippen LogP contribution is 2.27. The van der Waals surface area contributed by atoms with E-state index in [0.717, 1.165) is 5.56 Å². The number of nitrogens with zero attached hydrogens (tertiary/aromatic N) is 3. The first-order chi connectivity index (χ1) is 15.3. The molecular weight excluding hydrogens is 432 g/mol. The van der Waals surface area contributed by atoms with Crippen LogP contribution in [0.3, 0.4) is 0 Å². The Morgan fingerprint density at radius 1 is 0.906 bits per heavy atom. The van der Waals surface area contributed by atoms with E-state index in [-0.39, 0.29) is 17.2 Å². The number of pyridine rings is 1. The highest BCUT2D eigenvalue weighted by molar-refractivity contribution is 7.89. The Morgan fingerprint density at radius 2 is 1.69 bits per heavy atom. The quantitative estimate of drug-likeness (QED) is 0.393. The third-order valence-electron chi connectivity index (χ3n) is 4.39. The molecule has 2 aromatic heterocycles. The maximum Gasteiger partial charge on any atom is 0.244 e. The van der Waals surface area contributed by atoms with Gasteiger partial charge in [0, 0.05) is 31.4 Å². The van der Waals surface area contributed by atoms with E-state index >= 15 is 0 Å². The number of anilines is 3. The SMILES string of the molecule is COc1ccc(OC)c(S(=O)(=O)NCCNc2cc(Nc3cc(C)ccn3)nc(C)n2)c1. The van der Waals surface area contributed by atoms with Crippen LogP contribution in [-0.4, -0.2) is 50.7 Å². The zero-order valence-electron chi connectivity index (χ0n) is 18.3. The molecule has 0 spiro atoms. The van der Waals surface area contributed by atoms with Gasteiger partial charge in [0.1, 0.15) is 39.7 Å². The molecule has 0 bridgehead atoms. The zero-order chi connectivity index (χ0) is 23.1. The van der Waals surface area contributed by atoms with Crippen molar-refractivity contribution in [2.24, 2.45) is 0 Å². The highest BCUT2D eigenvalue weighted by atomic mass is 32.2. The van der Waals surface area contributed by atoms with Gasteiger partial charge in [-0.2, -0.15) is 0 Å². The summed E-state index contributed by atoms with van der Waals surface area (Å²) in [4.78, 5) is 13.0. The van der Waals surface area contributed by atoms with Crippen molar-refractivity contribution >= 4 is 27.5 Å². The summed E-state index contributed by atoms with van der Waals surface area (Å²) in [5, 5.41) is 6.25. The molecule has 10 nitrogen and oxygen atoms in total. The number of aromatic nitrogens is 3. The fourth-order valence-corrected chi connectivity index (χ4v) is 4.12. The fraction of sp³-hybridized carbons (Fsp3) is 0.286. The molecule has 0 aliphatic rings. The second-order valence-electron chi connectivity index (χ2n) is 6.87. The van der Waals surface area contributed by atoms with Crippen LogP contribution < -0.4 is 24.8 Å². The molecule has 0 amide bonds. The Balaban J connectivity index is 1.62. The molecule has 0 aliphatic heterocycles. The Hall–Kier alpha value is -3.44. The smallest absolute Gasteiger partial charge is 0.244 e.